The van der Waals surface area contributed by atoms with Crippen LogP contribution in [-0.2, 0) is 0 Å². The van der Waals surface area contributed by atoms with E-state index in [0.29, 0.717) is 11.3 Å². The van der Waals surface area contributed by atoms with Crippen molar-refractivity contribution in [1.29, 1.82) is 0 Å². The summed E-state index contributed by atoms with van der Waals surface area (Å²) in [6.45, 7) is 5.55. The Bertz CT molecular complexity index is 525. The number of amides is 3. The van der Waals surface area contributed by atoms with Gasteiger partial charge in [-0.1, -0.05) is 12.1 Å². The van der Waals surface area contributed by atoms with E-state index in [1.54, 1.807) is 24.3 Å². The van der Waals surface area contributed by atoms with Crippen molar-refractivity contribution in [3.05, 3.63) is 29.8 Å². The van der Waals surface area contributed by atoms with Gasteiger partial charge < -0.3 is 21.3 Å². The van der Waals surface area contributed by atoms with Crippen LogP contribution in [0.15, 0.2) is 24.3 Å². The zero-order chi connectivity index (χ0) is 15.9. The first-order chi connectivity index (χ1) is 10.6. The number of benzene rings is 1. The van der Waals surface area contributed by atoms with Gasteiger partial charge in [-0.2, -0.15) is 0 Å². The summed E-state index contributed by atoms with van der Waals surface area (Å²) in [5.74, 6) is -0.158. The molecule has 3 amide bonds. The number of anilines is 1. The first kappa shape index (κ1) is 16.3. The zero-order valence-electron chi connectivity index (χ0n) is 13.1. The summed E-state index contributed by atoms with van der Waals surface area (Å²) in [6, 6.07) is 6.90. The summed E-state index contributed by atoms with van der Waals surface area (Å²) < 4.78 is 0. The molecule has 0 bridgehead atoms. The number of nitrogens with one attached hydrogen (secondary N) is 4. The Hall–Kier alpha value is -2.08. The second-order valence-corrected chi connectivity index (χ2v) is 5.82. The lowest BCUT2D eigenvalue weighted by atomic mass is 10.1. The number of hydrogen-bond donors (Lipinski definition) is 4. The first-order valence-electron chi connectivity index (χ1n) is 7.74. The fourth-order valence-corrected chi connectivity index (χ4v) is 2.45. The fourth-order valence-electron chi connectivity index (χ4n) is 2.45. The molecule has 0 radical (unpaired) electrons. The van der Waals surface area contributed by atoms with E-state index in [1.807, 2.05) is 13.8 Å². The van der Waals surface area contributed by atoms with E-state index in [4.69, 9.17) is 0 Å². The van der Waals surface area contributed by atoms with E-state index in [9.17, 15) is 9.59 Å². The van der Waals surface area contributed by atoms with Crippen molar-refractivity contribution in [2.45, 2.75) is 38.8 Å². The molecule has 0 spiro atoms. The predicted octanol–water partition coefficient (Wildman–Crippen LogP) is 1.70. The predicted molar refractivity (Wildman–Crippen MR) is 87.1 cm³/mol. The van der Waals surface area contributed by atoms with E-state index < -0.39 is 0 Å². The molecule has 4 N–H and O–H groups in total. The maximum atomic E-state index is 12.4. The molecule has 1 saturated heterocycles. The van der Waals surface area contributed by atoms with Crippen LogP contribution >= 0.6 is 0 Å². The highest BCUT2D eigenvalue weighted by atomic mass is 16.2. The van der Waals surface area contributed by atoms with Gasteiger partial charge in [0, 0.05) is 18.6 Å². The molecular weight excluding hydrogens is 280 g/mol. The molecule has 1 heterocycles. The Morgan fingerprint density at radius 1 is 1.27 bits per heavy atom. The van der Waals surface area contributed by atoms with Gasteiger partial charge in [-0.25, -0.2) is 4.79 Å². The molecule has 1 aliphatic rings. The lowest BCUT2D eigenvalue weighted by molar-refractivity contribution is 0.0931. The highest BCUT2D eigenvalue weighted by molar-refractivity contribution is 6.03. The van der Waals surface area contributed by atoms with Crippen LogP contribution in [0.5, 0.6) is 0 Å². The lowest BCUT2D eigenvalue weighted by Gasteiger charge is -2.24. The Morgan fingerprint density at radius 2 is 2.05 bits per heavy atom. The molecular formula is C16H24N4O2. The average molecular weight is 304 g/mol. The molecule has 0 aromatic heterocycles. The molecule has 1 atom stereocenters. The minimum atomic E-state index is -0.311. The molecule has 22 heavy (non-hydrogen) atoms. The normalized spacial score (nSPS) is 17.9. The molecule has 0 saturated carbocycles. The molecule has 6 heteroatoms. The number of carbonyl (C=O) groups excluding carboxylic acids is 2. The van der Waals surface area contributed by atoms with Gasteiger partial charge in [-0.05, 0) is 45.4 Å². The van der Waals surface area contributed by atoms with Crippen LogP contribution in [0.1, 0.15) is 37.0 Å². The lowest BCUT2D eigenvalue weighted by Crippen LogP contribution is -2.45. The second kappa shape index (κ2) is 7.79. The third-order valence-corrected chi connectivity index (χ3v) is 3.47. The molecule has 6 nitrogen and oxygen atoms in total. The van der Waals surface area contributed by atoms with Crippen molar-refractivity contribution < 1.29 is 9.59 Å². The smallest absolute Gasteiger partial charge is 0.319 e. The third kappa shape index (κ3) is 4.73. The van der Waals surface area contributed by atoms with Crippen molar-refractivity contribution in [2.24, 2.45) is 0 Å². The van der Waals surface area contributed by atoms with Crippen molar-refractivity contribution in [3.8, 4) is 0 Å². The fraction of sp³-hybridized carbons (Fsp3) is 0.500. The topological polar surface area (TPSA) is 82.3 Å². The van der Waals surface area contributed by atoms with E-state index in [0.717, 1.165) is 25.9 Å². The number of para-hydroxylation sites is 1. The molecule has 1 aromatic carbocycles. The Morgan fingerprint density at radius 3 is 2.73 bits per heavy atom. The van der Waals surface area contributed by atoms with Crippen LogP contribution in [0.4, 0.5) is 10.5 Å². The maximum absolute atomic E-state index is 12.4. The third-order valence-electron chi connectivity index (χ3n) is 3.47. The van der Waals surface area contributed by atoms with E-state index in [-0.39, 0.29) is 24.0 Å². The van der Waals surface area contributed by atoms with Gasteiger partial charge in [0.2, 0.25) is 0 Å². The summed E-state index contributed by atoms with van der Waals surface area (Å²) in [7, 11) is 0. The number of hydrogen-bond acceptors (Lipinski definition) is 3. The first-order valence-corrected chi connectivity index (χ1v) is 7.74. The van der Waals surface area contributed by atoms with Gasteiger partial charge in [-0.3, -0.25) is 4.79 Å². The standard InChI is InChI=1S/C16H24N4O2/c1-11(2)18-16(22)20-14-8-4-3-7-13(14)15(21)19-12-6-5-9-17-10-12/h3-4,7-8,11-12,17H,5-6,9-10H2,1-2H3,(H,19,21)(H2,18,20,22)/t12-/m0/s1. The van der Waals surface area contributed by atoms with Gasteiger partial charge >= 0.3 is 6.03 Å². The van der Waals surface area contributed by atoms with Crippen molar-refractivity contribution in [3.63, 3.8) is 0 Å². The monoisotopic (exact) mass is 304 g/mol. The van der Waals surface area contributed by atoms with E-state index >= 15 is 0 Å². The molecule has 0 unspecified atom stereocenters. The minimum absolute atomic E-state index is 0.0364. The molecule has 1 aliphatic heterocycles. The van der Waals surface area contributed by atoms with E-state index in [1.165, 1.54) is 0 Å². The van der Waals surface area contributed by atoms with Gasteiger partial charge in [0.1, 0.15) is 0 Å². The van der Waals surface area contributed by atoms with Gasteiger partial charge in [-0.15, -0.1) is 0 Å². The summed E-state index contributed by atoms with van der Waals surface area (Å²) >= 11 is 0. The van der Waals surface area contributed by atoms with Crippen LogP contribution < -0.4 is 21.3 Å². The second-order valence-electron chi connectivity index (χ2n) is 5.82. The SMILES string of the molecule is CC(C)NC(=O)Nc1ccccc1C(=O)N[C@H]1CCCNC1. The van der Waals surface area contributed by atoms with Crippen LogP contribution in [0.2, 0.25) is 0 Å². The Kier molecular flexibility index (Phi) is 5.77. The maximum Gasteiger partial charge on any atom is 0.319 e. The molecule has 0 aliphatic carbocycles. The largest absolute Gasteiger partial charge is 0.348 e. The Balaban J connectivity index is 2.03. The molecule has 1 aromatic rings. The highest BCUT2D eigenvalue weighted by Crippen LogP contribution is 2.15. The van der Waals surface area contributed by atoms with Crippen molar-refractivity contribution in [2.75, 3.05) is 18.4 Å². The molecule has 1 fully saturated rings. The van der Waals surface area contributed by atoms with Crippen LogP contribution in [-0.4, -0.2) is 37.1 Å². The number of piperidine rings is 1. The summed E-state index contributed by atoms with van der Waals surface area (Å²) in [4.78, 5) is 24.3. The summed E-state index contributed by atoms with van der Waals surface area (Å²) in [5.41, 5.74) is 0.994. The quantitative estimate of drug-likeness (QED) is 0.683. The van der Waals surface area contributed by atoms with Crippen molar-refractivity contribution >= 4 is 17.6 Å². The average Bonchev–Trinajstić information content (AvgIpc) is 2.47. The molecule has 2 rings (SSSR count). The van der Waals surface area contributed by atoms with Crippen LogP contribution in [0.3, 0.4) is 0 Å². The van der Waals surface area contributed by atoms with Crippen LogP contribution in [0.25, 0.3) is 0 Å². The van der Waals surface area contributed by atoms with Crippen molar-refractivity contribution in [1.82, 2.24) is 16.0 Å². The van der Waals surface area contributed by atoms with Gasteiger partial charge in [0.25, 0.3) is 5.91 Å². The van der Waals surface area contributed by atoms with Gasteiger partial charge in [0.15, 0.2) is 0 Å². The Labute approximate surface area is 131 Å². The minimum Gasteiger partial charge on any atom is -0.348 e. The summed E-state index contributed by atoms with van der Waals surface area (Å²) in [5, 5.41) is 11.8. The zero-order valence-corrected chi connectivity index (χ0v) is 13.1. The number of urea groups is 1. The highest BCUT2D eigenvalue weighted by Gasteiger charge is 2.18. The van der Waals surface area contributed by atoms with Crippen LogP contribution in [0, 0.1) is 0 Å². The number of rotatable bonds is 4. The van der Waals surface area contributed by atoms with E-state index in [2.05, 4.69) is 21.3 Å². The number of carbonyl (C=O) groups is 2. The van der Waals surface area contributed by atoms with Gasteiger partial charge in [0.05, 0.1) is 11.3 Å². The summed E-state index contributed by atoms with van der Waals surface area (Å²) in [6.07, 6.45) is 2.03. The molecule has 120 valence electrons.